The van der Waals surface area contributed by atoms with Crippen molar-refractivity contribution in [1.82, 2.24) is 33.8 Å². The van der Waals surface area contributed by atoms with E-state index in [1.54, 1.807) is 39.8 Å². The molecule has 0 aliphatic carbocycles. The van der Waals surface area contributed by atoms with Crippen molar-refractivity contribution in [3.05, 3.63) is 83.1 Å². The third-order valence-corrected chi connectivity index (χ3v) is 8.75. The minimum atomic E-state index is -0.453. The summed E-state index contributed by atoms with van der Waals surface area (Å²) in [7, 11) is 0. The maximum absolute atomic E-state index is 13.9. The zero-order chi connectivity index (χ0) is 31.7. The summed E-state index contributed by atoms with van der Waals surface area (Å²) in [6, 6.07) is 18.3. The summed E-state index contributed by atoms with van der Waals surface area (Å²) >= 11 is 0. The van der Waals surface area contributed by atoms with Crippen molar-refractivity contribution in [1.29, 1.82) is 5.26 Å². The summed E-state index contributed by atoms with van der Waals surface area (Å²) < 4.78 is 8.96. The number of nitriles is 1. The molecule has 0 radical (unpaired) electrons. The van der Waals surface area contributed by atoms with E-state index in [1.165, 1.54) is 10.9 Å². The smallest absolute Gasteiger partial charge is 0.335 e. The number of imidazole rings is 1. The molecule has 2 aliphatic heterocycles. The minimum absolute atomic E-state index is 0.107. The van der Waals surface area contributed by atoms with Gasteiger partial charge in [-0.1, -0.05) is 25.1 Å². The number of fused-ring (bicyclic) bond motifs is 1. The van der Waals surface area contributed by atoms with E-state index >= 15 is 0 Å². The number of amides is 1. The van der Waals surface area contributed by atoms with Gasteiger partial charge in [-0.3, -0.25) is 18.8 Å². The first-order valence-electron chi connectivity index (χ1n) is 15.2. The van der Waals surface area contributed by atoms with Gasteiger partial charge in [-0.2, -0.15) is 5.26 Å². The zero-order valence-corrected chi connectivity index (χ0v) is 25.8. The number of piperazine rings is 1. The Morgan fingerprint density at radius 1 is 1.04 bits per heavy atom. The van der Waals surface area contributed by atoms with Crippen LogP contribution in [0.15, 0.2) is 77.4 Å². The quantitative estimate of drug-likeness (QED) is 0.236. The molecule has 0 atom stereocenters. The van der Waals surface area contributed by atoms with Gasteiger partial charge in [0.1, 0.15) is 35.0 Å². The highest BCUT2D eigenvalue weighted by molar-refractivity contribution is 5.98. The van der Waals surface area contributed by atoms with Crippen LogP contribution in [0.5, 0.6) is 11.5 Å². The lowest BCUT2D eigenvalue weighted by Crippen LogP contribution is -2.55. The predicted molar refractivity (Wildman–Crippen MR) is 171 cm³/mol. The molecule has 0 spiro atoms. The molecule has 2 aromatic heterocycles. The first kappa shape index (κ1) is 30.1. The van der Waals surface area contributed by atoms with Gasteiger partial charge in [-0.25, -0.2) is 14.8 Å². The van der Waals surface area contributed by atoms with Crippen molar-refractivity contribution in [2.75, 3.05) is 51.5 Å². The van der Waals surface area contributed by atoms with Gasteiger partial charge in [0.15, 0.2) is 11.5 Å². The summed E-state index contributed by atoms with van der Waals surface area (Å²) in [5, 5.41) is 9.95. The van der Waals surface area contributed by atoms with Gasteiger partial charge in [0.05, 0.1) is 11.7 Å². The Bertz CT molecular complexity index is 1820. The maximum atomic E-state index is 13.9. The topological polar surface area (TPSA) is 139 Å². The highest BCUT2D eigenvalue weighted by Gasteiger charge is 2.38. The van der Waals surface area contributed by atoms with Crippen LogP contribution in [-0.4, -0.2) is 91.1 Å². The molecule has 12 nitrogen and oxygen atoms in total. The Balaban J connectivity index is 1.22. The van der Waals surface area contributed by atoms with Gasteiger partial charge in [-0.05, 0) is 62.9 Å². The SMILES string of the molecule is CCN1CCN(C(C)(C)/C=C(/C#N)C(=O)N2CC(n3c(=O)n(-c4ccc(Oc5ccccc5)cc4)c4c(N)ncnc43)C2)CC1. The lowest BCUT2D eigenvalue weighted by atomic mass is 9.96. The number of hydrogen-bond donors (Lipinski definition) is 1. The van der Waals surface area contributed by atoms with Crippen LogP contribution in [0, 0.1) is 11.3 Å². The molecule has 4 heterocycles. The lowest BCUT2D eigenvalue weighted by Gasteiger charge is -2.43. The van der Waals surface area contributed by atoms with E-state index < -0.39 is 5.54 Å². The number of likely N-dealkylation sites (N-methyl/N-ethyl adjacent to an activating group) is 1. The van der Waals surface area contributed by atoms with Crippen molar-refractivity contribution >= 4 is 22.9 Å². The Kier molecular flexibility index (Phi) is 8.14. The molecule has 12 heteroatoms. The van der Waals surface area contributed by atoms with Crippen LogP contribution in [0.25, 0.3) is 16.9 Å². The monoisotopic (exact) mass is 607 g/mol. The van der Waals surface area contributed by atoms with E-state index in [0.717, 1.165) is 32.7 Å². The molecule has 0 bridgehead atoms. The van der Waals surface area contributed by atoms with Gasteiger partial charge in [-0.15, -0.1) is 0 Å². The molecule has 1 amide bonds. The molecule has 2 aromatic carbocycles. The number of carbonyl (C=O) groups is 1. The molecule has 2 aliphatic rings. The molecule has 0 unspecified atom stereocenters. The van der Waals surface area contributed by atoms with Crippen LogP contribution in [-0.2, 0) is 4.79 Å². The number of aromatic nitrogens is 4. The standard InChI is InChI=1S/C33H37N9O3/c1-4-38-14-16-40(17-15-38)33(2,3)18-23(19-34)31(43)39-20-25(21-39)42-30-28(29(35)36-22-37-30)41(32(42)44)24-10-12-27(13-11-24)45-26-8-6-5-7-9-26/h5-13,18,22,25H,4,14-17,20-21H2,1-3H3,(H2,35,36,37)/b23-18-. The number of rotatable bonds is 8. The van der Waals surface area contributed by atoms with E-state index in [4.69, 9.17) is 10.5 Å². The number of carbonyl (C=O) groups excluding carboxylic acids is 1. The van der Waals surface area contributed by atoms with Gasteiger partial charge < -0.3 is 20.3 Å². The fraction of sp³-hybridized carbons (Fsp3) is 0.364. The lowest BCUT2D eigenvalue weighted by molar-refractivity contribution is -0.132. The second kappa shape index (κ2) is 12.2. The number of nitrogens with zero attached hydrogens (tertiary/aromatic N) is 8. The fourth-order valence-electron chi connectivity index (χ4n) is 6.11. The largest absolute Gasteiger partial charge is 0.457 e. The highest BCUT2D eigenvalue weighted by atomic mass is 16.5. The molecule has 2 saturated heterocycles. The molecule has 2 fully saturated rings. The van der Waals surface area contributed by atoms with Crippen molar-refractivity contribution in [2.45, 2.75) is 32.4 Å². The van der Waals surface area contributed by atoms with Gasteiger partial charge in [0, 0.05) is 44.8 Å². The van der Waals surface area contributed by atoms with E-state index in [0.29, 0.717) is 28.4 Å². The number of nitrogens with two attached hydrogens (primary N) is 1. The predicted octanol–water partition coefficient (Wildman–Crippen LogP) is 3.21. The summed E-state index contributed by atoms with van der Waals surface area (Å²) in [6.07, 6.45) is 3.11. The Labute approximate surface area is 261 Å². The van der Waals surface area contributed by atoms with E-state index in [-0.39, 0.29) is 42.1 Å². The van der Waals surface area contributed by atoms with Crippen LogP contribution in [0.1, 0.15) is 26.8 Å². The molecule has 0 saturated carbocycles. The Morgan fingerprint density at radius 2 is 1.71 bits per heavy atom. The number of likely N-dealkylation sites (tertiary alicyclic amines) is 1. The number of anilines is 1. The normalized spacial score (nSPS) is 16.8. The fourth-order valence-corrected chi connectivity index (χ4v) is 6.11. The summed E-state index contributed by atoms with van der Waals surface area (Å²) in [5.74, 6) is 1.15. The minimum Gasteiger partial charge on any atom is -0.457 e. The third-order valence-electron chi connectivity index (χ3n) is 8.75. The molecule has 232 valence electrons. The van der Waals surface area contributed by atoms with Crippen molar-refractivity contribution in [3.8, 4) is 23.3 Å². The zero-order valence-electron chi connectivity index (χ0n) is 25.8. The van der Waals surface area contributed by atoms with Crippen LogP contribution >= 0.6 is 0 Å². The summed E-state index contributed by atoms with van der Waals surface area (Å²) in [4.78, 5) is 42.2. The van der Waals surface area contributed by atoms with Gasteiger partial charge in [0.25, 0.3) is 5.91 Å². The van der Waals surface area contributed by atoms with Gasteiger partial charge >= 0.3 is 5.69 Å². The van der Waals surface area contributed by atoms with Crippen LogP contribution in [0.2, 0.25) is 0 Å². The first-order valence-corrected chi connectivity index (χ1v) is 15.2. The van der Waals surface area contributed by atoms with E-state index in [1.807, 2.05) is 44.2 Å². The van der Waals surface area contributed by atoms with Crippen LogP contribution in [0.3, 0.4) is 0 Å². The molecular weight excluding hydrogens is 570 g/mol. The van der Waals surface area contributed by atoms with Crippen molar-refractivity contribution < 1.29 is 9.53 Å². The highest BCUT2D eigenvalue weighted by Crippen LogP contribution is 2.30. The summed E-state index contributed by atoms with van der Waals surface area (Å²) in [6.45, 7) is 11.4. The second-order valence-electron chi connectivity index (χ2n) is 11.9. The number of ether oxygens (including phenoxy) is 1. The number of hydrogen-bond acceptors (Lipinski definition) is 9. The Hall–Kier alpha value is -4.99. The first-order chi connectivity index (χ1) is 21.7. The van der Waals surface area contributed by atoms with E-state index in [9.17, 15) is 14.9 Å². The Morgan fingerprint density at radius 3 is 2.36 bits per heavy atom. The molecular formula is C33H37N9O3. The van der Waals surface area contributed by atoms with E-state index in [2.05, 4.69) is 32.8 Å². The molecule has 2 N–H and O–H groups in total. The van der Waals surface area contributed by atoms with Crippen molar-refractivity contribution in [2.24, 2.45) is 0 Å². The van der Waals surface area contributed by atoms with Crippen LogP contribution < -0.4 is 16.2 Å². The number of benzene rings is 2. The maximum Gasteiger partial charge on any atom is 0.335 e. The molecule has 6 rings (SSSR count). The van der Waals surface area contributed by atoms with Crippen molar-refractivity contribution in [3.63, 3.8) is 0 Å². The third kappa shape index (κ3) is 5.80. The van der Waals surface area contributed by atoms with Gasteiger partial charge in [0.2, 0.25) is 0 Å². The average molecular weight is 608 g/mol. The number of para-hydroxylation sites is 1. The number of nitrogen functional groups attached to an aromatic ring is 1. The van der Waals surface area contributed by atoms with Crippen LogP contribution in [0.4, 0.5) is 5.82 Å². The summed E-state index contributed by atoms with van der Waals surface area (Å²) in [5.41, 5.74) is 6.95. The molecule has 4 aromatic rings. The average Bonchev–Trinajstić information content (AvgIpc) is 3.32. The molecule has 45 heavy (non-hydrogen) atoms. The second-order valence-corrected chi connectivity index (χ2v) is 11.9.